The highest BCUT2D eigenvalue weighted by Gasteiger charge is 2.40. The highest BCUT2D eigenvalue weighted by Crippen LogP contribution is 2.40. The molecule has 1 saturated heterocycles. The van der Waals surface area contributed by atoms with Gasteiger partial charge in [0.15, 0.2) is 5.11 Å². The van der Waals surface area contributed by atoms with Gasteiger partial charge in [-0.25, -0.2) is 0 Å². The quantitative estimate of drug-likeness (QED) is 0.725. The van der Waals surface area contributed by atoms with Gasteiger partial charge in [0.25, 0.3) is 0 Å². The second-order valence-electron chi connectivity index (χ2n) is 5.63. The Morgan fingerprint density at radius 2 is 2.08 bits per heavy atom. The summed E-state index contributed by atoms with van der Waals surface area (Å²) in [7, 11) is 0. The summed E-state index contributed by atoms with van der Waals surface area (Å²) in [4.78, 5) is 12.3. The van der Waals surface area contributed by atoms with Crippen LogP contribution in [0.25, 0.3) is 0 Å². The minimum absolute atomic E-state index is 0.0500. The predicted molar refractivity (Wildman–Crippen MR) is 99.6 cm³/mol. The average molecular weight is 352 g/mol. The first-order valence-corrected chi connectivity index (χ1v) is 9.02. The smallest absolute Gasteiger partial charge is 0.170 e. The molecule has 0 aliphatic carbocycles. The van der Waals surface area contributed by atoms with Crippen LogP contribution in [0.2, 0.25) is 0 Å². The van der Waals surface area contributed by atoms with E-state index >= 15 is 0 Å². The fourth-order valence-electron chi connectivity index (χ4n) is 3.03. The van der Waals surface area contributed by atoms with Crippen molar-refractivity contribution in [3.05, 3.63) is 82.6 Å². The Bertz CT molecular complexity index is 806. The number of thiocarbonyl (C=S) groups is 1. The molecule has 0 aromatic carbocycles. The van der Waals surface area contributed by atoms with Crippen molar-refractivity contribution in [2.45, 2.75) is 18.6 Å². The Morgan fingerprint density at radius 1 is 1.12 bits per heavy atom. The van der Waals surface area contributed by atoms with Crippen molar-refractivity contribution in [1.82, 2.24) is 20.2 Å². The first-order chi connectivity index (χ1) is 11.8. The lowest BCUT2D eigenvalue weighted by Gasteiger charge is -2.26. The number of hydrogen-bond donors (Lipinski definition) is 1. The zero-order chi connectivity index (χ0) is 16.4. The summed E-state index contributed by atoms with van der Waals surface area (Å²) in [6, 6.07) is 14.5. The number of nitrogens with one attached hydrogen (secondary N) is 1. The predicted octanol–water partition coefficient (Wildman–Crippen LogP) is 3.71. The Morgan fingerprint density at radius 3 is 2.79 bits per heavy atom. The van der Waals surface area contributed by atoms with Crippen molar-refractivity contribution in [2.75, 3.05) is 0 Å². The van der Waals surface area contributed by atoms with E-state index < -0.39 is 0 Å². The average Bonchev–Trinajstić information content (AvgIpc) is 3.25. The second-order valence-corrected chi connectivity index (χ2v) is 7.00. The molecular weight excluding hydrogens is 336 g/mol. The molecule has 1 aliphatic rings. The summed E-state index contributed by atoms with van der Waals surface area (Å²) in [5.74, 6) is 0. The molecular formula is C18H16N4S2. The van der Waals surface area contributed by atoms with E-state index in [4.69, 9.17) is 12.2 Å². The largest absolute Gasteiger partial charge is 0.352 e. The van der Waals surface area contributed by atoms with Crippen LogP contribution in [0.3, 0.4) is 0 Å². The lowest BCUT2D eigenvalue weighted by molar-refractivity contribution is 0.315. The molecule has 2 atom stereocenters. The van der Waals surface area contributed by atoms with Gasteiger partial charge >= 0.3 is 0 Å². The maximum absolute atomic E-state index is 5.64. The maximum atomic E-state index is 5.64. The normalized spacial score (nSPS) is 20.2. The molecule has 24 heavy (non-hydrogen) atoms. The number of aromatic nitrogens is 2. The molecule has 0 saturated carbocycles. The summed E-state index contributed by atoms with van der Waals surface area (Å²) in [5.41, 5.74) is 2.15. The SMILES string of the molecule is S=C1N[C@H](c2ccccn2)[C@H](c2cccs2)N1Cc1cccnc1. The lowest BCUT2D eigenvalue weighted by atomic mass is 10.0. The third-order valence-electron chi connectivity index (χ3n) is 4.11. The molecule has 0 unspecified atom stereocenters. The van der Waals surface area contributed by atoms with Crippen LogP contribution in [0, 0.1) is 0 Å². The van der Waals surface area contributed by atoms with Crippen LogP contribution in [0.5, 0.6) is 0 Å². The molecule has 1 fully saturated rings. The fraction of sp³-hybridized carbons (Fsp3) is 0.167. The Kier molecular flexibility index (Phi) is 4.23. The van der Waals surface area contributed by atoms with Crippen LogP contribution in [0.4, 0.5) is 0 Å². The first-order valence-electron chi connectivity index (χ1n) is 7.73. The summed E-state index contributed by atoms with van der Waals surface area (Å²) in [5, 5.41) is 6.32. The topological polar surface area (TPSA) is 41.1 Å². The van der Waals surface area contributed by atoms with E-state index in [2.05, 4.69) is 49.8 Å². The number of rotatable bonds is 4. The standard InChI is InChI=1S/C18H16N4S2/c23-18-21-16(14-6-1-2-9-20-14)17(15-7-4-10-24-15)22(18)12-13-5-3-8-19-11-13/h1-11,16-17H,12H2,(H,21,23)/t16-,17+/m1/s1. The van der Waals surface area contributed by atoms with Crippen molar-refractivity contribution in [2.24, 2.45) is 0 Å². The van der Waals surface area contributed by atoms with Gasteiger partial charge in [0, 0.05) is 30.0 Å². The molecule has 4 heterocycles. The van der Waals surface area contributed by atoms with Gasteiger partial charge in [0.05, 0.1) is 17.8 Å². The highest BCUT2D eigenvalue weighted by atomic mass is 32.1. The van der Waals surface area contributed by atoms with Crippen molar-refractivity contribution >= 4 is 28.7 Å². The van der Waals surface area contributed by atoms with E-state index in [9.17, 15) is 0 Å². The van der Waals surface area contributed by atoms with Gasteiger partial charge in [0.2, 0.25) is 0 Å². The molecule has 6 heteroatoms. The third-order valence-corrected chi connectivity index (χ3v) is 5.40. The molecule has 3 aromatic heterocycles. The van der Waals surface area contributed by atoms with Crippen molar-refractivity contribution < 1.29 is 0 Å². The summed E-state index contributed by atoms with van der Waals surface area (Å²) >= 11 is 7.39. The second kappa shape index (κ2) is 6.67. The van der Waals surface area contributed by atoms with E-state index in [1.807, 2.05) is 30.6 Å². The molecule has 0 bridgehead atoms. The van der Waals surface area contributed by atoms with Crippen LogP contribution in [0.1, 0.15) is 28.2 Å². The zero-order valence-corrected chi connectivity index (χ0v) is 14.5. The van der Waals surface area contributed by atoms with Gasteiger partial charge in [-0.3, -0.25) is 9.97 Å². The molecule has 0 spiro atoms. The number of pyridine rings is 2. The van der Waals surface area contributed by atoms with E-state index in [0.717, 1.165) is 22.9 Å². The summed E-state index contributed by atoms with van der Waals surface area (Å²) < 4.78 is 0. The van der Waals surface area contributed by atoms with Gasteiger partial charge in [-0.2, -0.15) is 0 Å². The third kappa shape index (κ3) is 2.90. The monoisotopic (exact) mass is 352 g/mol. The number of thiophene rings is 1. The van der Waals surface area contributed by atoms with Crippen LogP contribution in [-0.4, -0.2) is 20.0 Å². The van der Waals surface area contributed by atoms with Gasteiger partial charge in [-0.05, 0) is 47.4 Å². The molecule has 0 amide bonds. The summed E-state index contributed by atoms with van der Waals surface area (Å²) in [6.07, 6.45) is 5.51. The zero-order valence-electron chi connectivity index (χ0n) is 12.9. The van der Waals surface area contributed by atoms with Crippen LogP contribution in [0.15, 0.2) is 66.4 Å². The maximum Gasteiger partial charge on any atom is 0.170 e. The molecule has 1 aliphatic heterocycles. The van der Waals surface area contributed by atoms with Crippen molar-refractivity contribution in [1.29, 1.82) is 0 Å². The highest BCUT2D eigenvalue weighted by molar-refractivity contribution is 7.80. The molecule has 4 rings (SSSR count). The lowest BCUT2D eigenvalue weighted by Crippen LogP contribution is -2.28. The number of nitrogens with zero attached hydrogens (tertiary/aromatic N) is 3. The molecule has 4 nitrogen and oxygen atoms in total. The van der Waals surface area contributed by atoms with Crippen LogP contribution >= 0.6 is 23.6 Å². The van der Waals surface area contributed by atoms with Gasteiger partial charge < -0.3 is 10.2 Å². The van der Waals surface area contributed by atoms with E-state index in [-0.39, 0.29) is 12.1 Å². The fourth-order valence-corrected chi connectivity index (χ4v) is 4.21. The minimum atomic E-state index is 0.0500. The van der Waals surface area contributed by atoms with Crippen molar-refractivity contribution in [3.8, 4) is 0 Å². The Hall–Kier alpha value is -2.31. The Labute approximate surface area is 150 Å². The number of hydrogen-bond acceptors (Lipinski definition) is 4. The first kappa shape index (κ1) is 15.2. The molecule has 120 valence electrons. The molecule has 3 aromatic rings. The van der Waals surface area contributed by atoms with E-state index in [1.165, 1.54) is 4.88 Å². The molecule has 0 radical (unpaired) electrons. The Balaban J connectivity index is 1.71. The van der Waals surface area contributed by atoms with Gasteiger partial charge in [-0.1, -0.05) is 18.2 Å². The van der Waals surface area contributed by atoms with Crippen molar-refractivity contribution in [3.63, 3.8) is 0 Å². The van der Waals surface area contributed by atoms with Gasteiger partial charge in [-0.15, -0.1) is 11.3 Å². The molecule has 1 N–H and O–H groups in total. The van der Waals surface area contributed by atoms with E-state index in [1.54, 1.807) is 17.5 Å². The minimum Gasteiger partial charge on any atom is -0.352 e. The summed E-state index contributed by atoms with van der Waals surface area (Å²) in [6.45, 7) is 0.728. The van der Waals surface area contributed by atoms with E-state index in [0.29, 0.717) is 0 Å². The van der Waals surface area contributed by atoms with Crippen LogP contribution < -0.4 is 5.32 Å². The van der Waals surface area contributed by atoms with Crippen LogP contribution in [-0.2, 0) is 6.54 Å². The van der Waals surface area contributed by atoms with Gasteiger partial charge in [0.1, 0.15) is 0 Å².